The highest BCUT2D eigenvalue weighted by molar-refractivity contribution is 5.91. The summed E-state index contributed by atoms with van der Waals surface area (Å²) >= 11 is 0. The third-order valence-electron chi connectivity index (χ3n) is 4.50. The highest BCUT2D eigenvalue weighted by atomic mass is 16.6. The van der Waals surface area contributed by atoms with E-state index in [0.717, 1.165) is 11.1 Å². The van der Waals surface area contributed by atoms with Gasteiger partial charge < -0.3 is 19.3 Å². The number of carbonyl (C=O) groups excluding carboxylic acids is 2. The van der Waals surface area contributed by atoms with Crippen LogP contribution in [0.2, 0.25) is 0 Å². The molecule has 2 aromatic carbocycles. The van der Waals surface area contributed by atoms with E-state index in [9.17, 15) is 9.59 Å². The van der Waals surface area contributed by atoms with Crippen molar-refractivity contribution in [1.82, 2.24) is 9.80 Å². The van der Waals surface area contributed by atoms with Gasteiger partial charge in [-0.05, 0) is 43.2 Å². The summed E-state index contributed by atoms with van der Waals surface area (Å²) in [6, 6.07) is 15.0. The van der Waals surface area contributed by atoms with E-state index in [1.54, 1.807) is 36.2 Å². The largest absolute Gasteiger partial charge is 0.493 e. The van der Waals surface area contributed by atoms with Gasteiger partial charge in [-0.15, -0.1) is 0 Å². The summed E-state index contributed by atoms with van der Waals surface area (Å²) in [5, 5.41) is 0. The average Bonchev–Trinajstić information content (AvgIpc) is 2.76. The van der Waals surface area contributed by atoms with E-state index >= 15 is 0 Å². The minimum Gasteiger partial charge on any atom is -0.493 e. The van der Waals surface area contributed by atoms with Crippen LogP contribution in [0.3, 0.4) is 0 Å². The molecule has 0 aromatic heterocycles. The predicted molar refractivity (Wildman–Crippen MR) is 114 cm³/mol. The molecule has 0 heterocycles. The van der Waals surface area contributed by atoms with Crippen LogP contribution in [0.5, 0.6) is 11.5 Å². The zero-order chi connectivity index (χ0) is 21.2. The molecule has 0 bridgehead atoms. The average molecular weight is 396 g/mol. The first kappa shape index (κ1) is 22.0. The molecule has 0 unspecified atom stereocenters. The molecule has 29 heavy (non-hydrogen) atoms. The van der Waals surface area contributed by atoms with Gasteiger partial charge in [0.05, 0.1) is 7.11 Å². The van der Waals surface area contributed by atoms with Crippen LogP contribution >= 0.6 is 0 Å². The molecule has 0 fully saturated rings. The van der Waals surface area contributed by atoms with E-state index in [2.05, 4.69) is 0 Å². The van der Waals surface area contributed by atoms with Crippen molar-refractivity contribution in [2.75, 3.05) is 27.2 Å². The number of nitrogens with zero attached hydrogens (tertiary/aromatic N) is 2. The molecule has 0 aliphatic rings. The van der Waals surface area contributed by atoms with E-state index in [-0.39, 0.29) is 5.91 Å². The van der Waals surface area contributed by atoms with Crippen molar-refractivity contribution in [3.8, 4) is 11.5 Å². The Balaban J connectivity index is 2.08. The van der Waals surface area contributed by atoms with Crippen molar-refractivity contribution in [2.24, 2.45) is 0 Å². The van der Waals surface area contributed by atoms with Crippen LogP contribution in [0.1, 0.15) is 25.0 Å². The maximum absolute atomic E-state index is 12.6. The number of amides is 2. The maximum atomic E-state index is 12.6. The minimum atomic E-state index is -0.455. The van der Waals surface area contributed by atoms with Crippen molar-refractivity contribution in [3.63, 3.8) is 0 Å². The molecule has 0 spiro atoms. The van der Waals surface area contributed by atoms with Gasteiger partial charge in [-0.25, -0.2) is 4.79 Å². The number of methoxy groups -OCH3 is 1. The Hall–Kier alpha value is -3.28. The number of likely N-dealkylation sites (N-methyl/N-ethyl adjacent to an activating group) is 1. The van der Waals surface area contributed by atoms with Crippen molar-refractivity contribution in [2.45, 2.75) is 20.4 Å². The maximum Gasteiger partial charge on any atom is 0.415 e. The van der Waals surface area contributed by atoms with Gasteiger partial charge in [-0.1, -0.05) is 36.4 Å². The number of hydrogen-bond donors (Lipinski definition) is 0. The van der Waals surface area contributed by atoms with Crippen LogP contribution in [0.25, 0.3) is 6.08 Å². The Bertz CT molecular complexity index is 849. The van der Waals surface area contributed by atoms with E-state index in [4.69, 9.17) is 9.47 Å². The number of rotatable bonds is 8. The molecule has 6 nitrogen and oxygen atoms in total. The fourth-order valence-corrected chi connectivity index (χ4v) is 2.60. The second-order valence-electron chi connectivity index (χ2n) is 6.46. The fraction of sp³-hybridized carbons (Fsp3) is 0.304. The molecular formula is C23H28N2O4. The summed E-state index contributed by atoms with van der Waals surface area (Å²) < 4.78 is 10.7. The predicted octanol–water partition coefficient (Wildman–Crippen LogP) is 4.21. The van der Waals surface area contributed by atoms with Gasteiger partial charge in [0.15, 0.2) is 11.5 Å². The molecule has 154 valence electrons. The highest BCUT2D eigenvalue weighted by Crippen LogP contribution is 2.29. The van der Waals surface area contributed by atoms with Gasteiger partial charge >= 0.3 is 6.09 Å². The first-order valence-corrected chi connectivity index (χ1v) is 9.60. The first-order valence-electron chi connectivity index (χ1n) is 9.60. The van der Waals surface area contributed by atoms with E-state index in [1.165, 1.54) is 18.1 Å². The van der Waals surface area contributed by atoms with E-state index < -0.39 is 6.09 Å². The highest BCUT2D eigenvalue weighted by Gasteiger charge is 2.14. The van der Waals surface area contributed by atoms with Crippen molar-refractivity contribution < 1.29 is 19.1 Å². The summed E-state index contributed by atoms with van der Waals surface area (Å²) in [6.45, 7) is 5.53. The van der Waals surface area contributed by atoms with Crippen molar-refractivity contribution in [3.05, 3.63) is 65.7 Å². The summed E-state index contributed by atoms with van der Waals surface area (Å²) in [4.78, 5) is 27.7. The Kier molecular flexibility index (Phi) is 8.27. The lowest BCUT2D eigenvalue weighted by Crippen LogP contribution is -2.29. The molecule has 2 amide bonds. The molecule has 0 aliphatic carbocycles. The van der Waals surface area contributed by atoms with Crippen LogP contribution in [0.15, 0.2) is 54.6 Å². The summed E-state index contributed by atoms with van der Waals surface area (Å²) in [6.07, 6.45) is 2.81. The summed E-state index contributed by atoms with van der Waals surface area (Å²) in [7, 11) is 3.17. The molecule has 0 aliphatic heterocycles. The second-order valence-corrected chi connectivity index (χ2v) is 6.46. The lowest BCUT2D eigenvalue weighted by molar-refractivity contribution is -0.126. The lowest BCUT2D eigenvalue weighted by atomic mass is 10.1. The summed E-state index contributed by atoms with van der Waals surface area (Å²) in [5.41, 5.74) is 1.86. The lowest BCUT2D eigenvalue weighted by Gasteiger charge is -2.19. The molecular weight excluding hydrogens is 368 g/mol. The molecule has 0 N–H and O–H groups in total. The van der Waals surface area contributed by atoms with Crippen LogP contribution in [-0.2, 0) is 11.3 Å². The fourth-order valence-electron chi connectivity index (χ4n) is 2.60. The molecule has 0 atom stereocenters. The normalized spacial score (nSPS) is 10.6. The number of carbonyl (C=O) groups is 2. The number of benzene rings is 2. The van der Waals surface area contributed by atoms with Crippen LogP contribution in [0, 0.1) is 0 Å². The minimum absolute atomic E-state index is 0.0737. The van der Waals surface area contributed by atoms with Gasteiger partial charge in [-0.2, -0.15) is 0 Å². The Morgan fingerprint density at radius 2 is 1.72 bits per heavy atom. The number of ether oxygens (including phenoxy) is 2. The number of hydrogen-bond acceptors (Lipinski definition) is 4. The topological polar surface area (TPSA) is 59.1 Å². The van der Waals surface area contributed by atoms with Gasteiger partial charge in [-0.3, -0.25) is 4.79 Å². The molecule has 2 rings (SSSR count). The van der Waals surface area contributed by atoms with Crippen LogP contribution < -0.4 is 9.47 Å². The van der Waals surface area contributed by atoms with Gasteiger partial charge in [0.25, 0.3) is 0 Å². The molecule has 0 saturated heterocycles. The second kappa shape index (κ2) is 10.9. The Morgan fingerprint density at radius 1 is 1.00 bits per heavy atom. The third-order valence-corrected chi connectivity index (χ3v) is 4.50. The Morgan fingerprint density at radius 3 is 2.34 bits per heavy atom. The third kappa shape index (κ3) is 6.38. The van der Waals surface area contributed by atoms with Crippen molar-refractivity contribution in [1.29, 1.82) is 0 Å². The van der Waals surface area contributed by atoms with E-state index in [1.807, 2.05) is 44.2 Å². The van der Waals surface area contributed by atoms with Crippen LogP contribution in [0.4, 0.5) is 4.79 Å². The van der Waals surface area contributed by atoms with Crippen molar-refractivity contribution >= 4 is 18.1 Å². The van der Waals surface area contributed by atoms with Gasteiger partial charge in [0.1, 0.15) is 0 Å². The quantitative estimate of drug-likeness (QED) is 0.627. The SMILES string of the molecule is CCN(C)C(=O)Oc1ccc(/C=C/C(=O)N(CC)Cc2ccccc2)cc1OC. The monoisotopic (exact) mass is 396 g/mol. The van der Waals surface area contributed by atoms with E-state index in [0.29, 0.717) is 31.1 Å². The first-order chi connectivity index (χ1) is 14.0. The van der Waals surface area contributed by atoms with Gasteiger partial charge in [0.2, 0.25) is 5.91 Å². The Labute approximate surface area is 172 Å². The molecule has 0 saturated carbocycles. The standard InChI is InChI=1S/C23H28N2O4/c1-5-24(3)23(27)29-20-14-12-18(16-21(20)28-4)13-15-22(26)25(6-2)17-19-10-8-7-9-11-19/h7-16H,5-6,17H2,1-4H3/b15-13+. The van der Waals surface area contributed by atoms with Gasteiger partial charge in [0, 0.05) is 32.8 Å². The molecule has 6 heteroatoms. The summed E-state index contributed by atoms with van der Waals surface area (Å²) in [5.74, 6) is 0.685. The molecule has 2 aromatic rings. The van der Waals surface area contributed by atoms with Crippen LogP contribution in [-0.4, -0.2) is 49.0 Å². The zero-order valence-corrected chi connectivity index (χ0v) is 17.4. The zero-order valence-electron chi connectivity index (χ0n) is 17.4. The molecule has 0 radical (unpaired) electrons. The smallest absolute Gasteiger partial charge is 0.415 e.